The van der Waals surface area contributed by atoms with Gasteiger partial charge in [-0.25, -0.2) is 4.79 Å². The van der Waals surface area contributed by atoms with Gasteiger partial charge in [-0.05, 0) is 24.6 Å². The van der Waals surface area contributed by atoms with Gasteiger partial charge in [0.05, 0.1) is 20.8 Å². The number of methoxy groups -OCH3 is 2. The van der Waals surface area contributed by atoms with E-state index in [-0.39, 0.29) is 6.61 Å². The van der Waals surface area contributed by atoms with Crippen molar-refractivity contribution in [1.82, 2.24) is 5.32 Å². The summed E-state index contributed by atoms with van der Waals surface area (Å²) in [6.07, 6.45) is 3.80. The lowest BCUT2D eigenvalue weighted by atomic mass is 10.2. The van der Waals surface area contributed by atoms with E-state index in [2.05, 4.69) is 10.1 Å². The van der Waals surface area contributed by atoms with E-state index in [4.69, 9.17) is 14.6 Å². The number of nitrogens with one attached hydrogen (secondary N) is 1. The highest BCUT2D eigenvalue weighted by atomic mass is 16.5. The number of amides is 1. The summed E-state index contributed by atoms with van der Waals surface area (Å²) in [4.78, 5) is 23.1. The fourth-order valence-electron chi connectivity index (χ4n) is 1.80. The van der Waals surface area contributed by atoms with Crippen LogP contribution in [0.15, 0.2) is 24.3 Å². The van der Waals surface area contributed by atoms with E-state index in [1.807, 2.05) is 25.1 Å². The number of aliphatic hydroxyl groups is 1. The Morgan fingerprint density at radius 2 is 2.04 bits per heavy atom. The maximum Gasteiger partial charge on any atom is 0.330 e. The first kappa shape index (κ1) is 18.5. The van der Waals surface area contributed by atoms with Crippen LogP contribution in [0.25, 0.3) is 6.08 Å². The molecule has 1 amide bonds. The van der Waals surface area contributed by atoms with Gasteiger partial charge in [0.15, 0.2) is 24.1 Å². The zero-order valence-corrected chi connectivity index (χ0v) is 13.4. The molecule has 7 nitrogen and oxygen atoms in total. The molecular weight excluding hydrogens is 302 g/mol. The third-order valence-electron chi connectivity index (χ3n) is 2.91. The molecule has 0 aliphatic carbocycles. The summed E-state index contributed by atoms with van der Waals surface area (Å²) in [7, 11) is 2.67. The number of rotatable bonds is 8. The Balaban J connectivity index is 2.66. The smallest absolute Gasteiger partial charge is 0.330 e. The molecule has 126 valence electrons. The normalized spacial score (nSPS) is 11.8. The van der Waals surface area contributed by atoms with E-state index in [1.54, 1.807) is 12.1 Å². The number of benzene rings is 1. The molecule has 7 heteroatoms. The number of ether oxygens (including phenoxy) is 3. The number of allylic oxidation sites excluding steroid dienone is 1. The van der Waals surface area contributed by atoms with Crippen molar-refractivity contribution in [2.24, 2.45) is 0 Å². The van der Waals surface area contributed by atoms with Crippen LogP contribution < -0.4 is 14.8 Å². The molecule has 0 saturated carbocycles. The Morgan fingerprint density at radius 3 is 2.61 bits per heavy atom. The Labute approximate surface area is 134 Å². The maximum atomic E-state index is 11.8. The van der Waals surface area contributed by atoms with Gasteiger partial charge in [0, 0.05) is 0 Å². The van der Waals surface area contributed by atoms with Gasteiger partial charge in [0.2, 0.25) is 0 Å². The van der Waals surface area contributed by atoms with Gasteiger partial charge in [0.1, 0.15) is 0 Å². The minimum absolute atomic E-state index is 0.327. The van der Waals surface area contributed by atoms with Crippen LogP contribution >= 0.6 is 0 Å². The molecule has 0 aliphatic heterocycles. The molecule has 0 unspecified atom stereocenters. The predicted molar refractivity (Wildman–Crippen MR) is 84.2 cm³/mol. The third kappa shape index (κ3) is 5.63. The first-order valence-corrected chi connectivity index (χ1v) is 6.97. The van der Waals surface area contributed by atoms with E-state index in [9.17, 15) is 9.59 Å². The van der Waals surface area contributed by atoms with Crippen LogP contribution in [0.4, 0.5) is 0 Å². The summed E-state index contributed by atoms with van der Waals surface area (Å²) in [6, 6.07) is 4.17. The molecule has 0 aliphatic rings. The average Bonchev–Trinajstić information content (AvgIpc) is 2.57. The summed E-state index contributed by atoms with van der Waals surface area (Å²) >= 11 is 0. The highest BCUT2D eigenvalue weighted by Crippen LogP contribution is 2.28. The third-order valence-corrected chi connectivity index (χ3v) is 2.91. The lowest BCUT2D eigenvalue weighted by Gasteiger charge is -2.15. The SMILES string of the molecule is C/C=C/c1ccc(OCC(=O)N[C@H](CO)C(=O)OC)c(OC)c1. The number of esters is 1. The second-order valence-electron chi connectivity index (χ2n) is 4.52. The molecule has 1 aromatic rings. The van der Waals surface area contributed by atoms with Gasteiger partial charge >= 0.3 is 5.97 Å². The largest absolute Gasteiger partial charge is 0.493 e. The Morgan fingerprint density at radius 1 is 1.30 bits per heavy atom. The van der Waals surface area contributed by atoms with E-state index in [0.29, 0.717) is 11.5 Å². The van der Waals surface area contributed by atoms with E-state index >= 15 is 0 Å². The van der Waals surface area contributed by atoms with Crippen molar-refractivity contribution in [2.75, 3.05) is 27.4 Å². The van der Waals surface area contributed by atoms with E-state index < -0.39 is 24.5 Å². The van der Waals surface area contributed by atoms with Crippen LogP contribution in [0.5, 0.6) is 11.5 Å². The average molecular weight is 323 g/mol. The molecule has 1 aromatic carbocycles. The molecule has 0 spiro atoms. The van der Waals surface area contributed by atoms with Crippen LogP contribution in [0.3, 0.4) is 0 Å². The summed E-state index contributed by atoms with van der Waals surface area (Å²) in [5.41, 5.74) is 0.937. The van der Waals surface area contributed by atoms with Gasteiger partial charge in [0.25, 0.3) is 5.91 Å². The Hall–Kier alpha value is -2.54. The van der Waals surface area contributed by atoms with Crippen molar-refractivity contribution in [3.05, 3.63) is 29.8 Å². The molecular formula is C16H21NO6. The minimum atomic E-state index is -1.12. The van der Waals surface area contributed by atoms with Crippen molar-refractivity contribution in [2.45, 2.75) is 13.0 Å². The van der Waals surface area contributed by atoms with E-state index in [1.165, 1.54) is 14.2 Å². The summed E-state index contributed by atoms with van der Waals surface area (Å²) < 4.78 is 15.1. The van der Waals surface area contributed by atoms with Crippen LogP contribution in [0.1, 0.15) is 12.5 Å². The molecule has 1 rings (SSSR count). The van der Waals surface area contributed by atoms with Crippen LogP contribution in [-0.4, -0.2) is 50.5 Å². The first-order chi connectivity index (χ1) is 11.0. The van der Waals surface area contributed by atoms with Crippen molar-refractivity contribution in [1.29, 1.82) is 0 Å². The second-order valence-corrected chi connectivity index (χ2v) is 4.52. The highest BCUT2D eigenvalue weighted by Gasteiger charge is 2.20. The molecule has 1 atom stereocenters. The van der Waals surface area contributed by atoms with Crippen LogP contribution in [-0.2, 0) is 14.3 Å². The monoisotopic (exact) mass is 323 g/mol. The number of carbonyl (C=O) groups excluding carboxylic acids is 2. The Kier molecular flexibility index (Phi) is 7.62. The molecule has 0 fully saturated rings. The maximum absolute atomic E-state index is 11.8. The fraction of sp³-hybridized carbons (Fsp3) is 0.375. The highest BCUT2D eigenvalue weighted by molar-refractivity contribution is 5.85. The molecule has 0 aromatic heterocycles. The molecule has 0 bridgehead atoms. The van der Waals surface area contributed by atoms with Crippen molar-refractivity contribution in [3.8, 4) is 11.5 Å². The predicted octanol–water partition coefficient (Wildman–Crippen LogP) is 0.757. The summed E-state index contributed by atoms with van der Waals surface area (Å²) in [5, 5.41) is 11.4. The summed E-state index contributed by atoms with van der Waals surface area (Å²) in [6.45, 7) is 1.02. The number of hydrogen-bond donors (Lipinski definition) is 2. The quantitative estimate of drug-likeness (QED) is 0.686. The van der Waals surface area contributed by atoms with E-state index in [0.717, 1.165) is 5.56 Å². The lowest BCUT2D eigenvalue weighted by Crippen LogP contribution is -2.45. The van der Waals surface area contributed by atoms with Gasteiger partial charge in [-0.2, -0.15) is 0 Å². The molecule has 2 N–H and O–H groups in total. The molecule has 0 radical (unpaired) electrons. The van der Waals surface area contributed by atoms with Gasteiger partial charge in [-0.15, -0.1) is 0 Å². The number of aliphatic hydroxyl groups excluding tert-OH is 1. The van der Waals surface area contributed by atoms with Gasteiger partial charge in [-0.3, -0.25) is 4.79 Å². The lowest BCUT2D eigenvalue weighted by molar-refractivity contribution is -0.146. The topological polar surface area (TPSA) is 94.1 Å². The summed E-state index contributed by atoms with van der Waals surface area (Å²) in [5.74, 6) is -0.405. The number of carbonyl (C=O) groups is 2. The minimum Gasteiger partial charge on any atom is -0.493 e. The second kappa shape index (κ2) is 9.47. The van der Waals surface area contributed by atoms with Crippen molar-refractivity contribution in [3.63, 3.8) is 0 Å². The van der Waals surface area contributed by atoms with Crippen LogP contribution in [0, 0.1) is 0 Å². The van der Waals surface area contributed by atoms with Crippen molar-refractivity contribution >= 4 is 18.0 Å². The molecule has 23 heavy (non-hydrogen) atoms. The number of hydrogen-bond acceptors (Lipinski definition) is 6. The molecule has 0 saturated heterocycles. The van der Waals surface area contributed by atoms with Gasteiger partial charge < -0.3 is 24.6 Å². The fourth-order valence-corrected chi connectivity index (χ4v) is 1.80. The van der Waals surface area contributed by atoms with Crippen molar-refractivity contribution < 1.29 is 28.9 Å². The molecule has 0 heterocycles. The zero-order valence-electron chi connectivity index (χ0n) is 13.4. The Bertz CT molecular complexity index is 570. The standard InChI is InChI=1S/C16H21NO6/c1-4-5-11-6-7-13(14(8-11)21-2)23-10-15(19)17-12(9-18)16(20)22-3/h4-8,12,18H,9-10H2,1-3H3,(H,17,19)/b5-4+/t12-/m1/s1. The first-order valence-electron chi connectivity index (χ1n) is 6.97. The van der Waals surface area contributed by atoms with Crippen LogP contribution in [0.2, 0.25) is 0 Å². The van der Waals surface area contributed by atoms with Gasteiger partial charge in [-0.1, -0.05) is 18.2 Å². The zero-order chi connectivity index (χ0) is 17.2.